The summed E-state index contributed by atoms with van der Waals surface area (Å²) >= 11 is 0. The van der Waals surface area contributed by atoms with Gasteiger partial charge in [0.05, 0.1) is 13.1 Å². The maximum Gasteiger partial charge on any atom is 0.237 e. The molecule has 0 aromatic carbocycles. The van der Waals surface area contributed by atoms with Gasteiger partial charge in [-0.2, -0.15) is 0 Å². The molecule has 0 aromatic rings. The Hall–Kier alpha value is -1.63. The van der Waals surface area contributed by atoms with Gasteiger partial charge in [0.1, 0.15) is 0 Å². The van der Waals surface area contributed by atoms with Crippen LogP contribution in [-0.2, 0) is 14.4 Å². The molecule has 0 atom stereocenters. The minimum atomic E-state index is -0.667. The van der Waals surface area contributed by atoms with Crippen molar-refractivity contribution < 1.29 is 14.4 Å². The van der Waals surface area contributed by atoms with Crippen molar-refractivity contribution in [3.8, 4) is 0 Å². The second kappa shape index (κ2) is 5.81. The molecule has 1 rings (SSSR count). The SMILES string of the molecule is NCC1(CC(=O)N(CC(N)=O)CC(N)=O)CCC1. The van der Waals surface area contributed by atoms with Crippen LogP contribution < -0.4 is 17.2 Å². The minimum Gasteiger partial charge on any atom is -0.368 e. The van der Waals surface area contributed by atoms with Crippen molar-refractivity contribution in [3.05, 3.63) is 0 Å². The summed E-state index contributed by atoms with van der Waals surface area (Å²) in [5, 5.41) is 0. The summed E-state index contributed by atoms with van der Waals surface area (Å²) in [6.07, 6.45) is 3.09. The van der Waals surface area contributed by atoms with Crippen LogP contribution in [0.15, 0.2) is 0 Å². The van der Waals surface area contributed by atoms with Gasteiger partial charge in [0, 0.05) is 6.42 Å². The Balaban J connectivity index is 2.63. The number of hydrogen-bond donors (Lipinski definition) is 3. The smallest absolute Gasteiger partial charge is 0.237 e. The highest BCUT2D eigenvalue weighted by molar-refractivity contribution is 5.88. The highest BCUT2D eigenvalue weighted by Gasteiger charge is 2.38. The van der Waals surface area contributed by atoms with E-state index in [4.69, 9.17) is 17.2 Å². The molecule has 7 nitrogen and oxygen atoms in total. The molecular weight excluding hydrogens is 236 g/mol. The van der Waals surface area contributed by atoms with Crippen molar-refractivity contribution in [2.24, 2.45) is 22.6 Å². The zero-order chi connectivity index (χ0) is 13.8. The van der Waals surface area contributed by atoms with Crippen LogP contribution >= 0.6 is 0 Å². The fourth-order valence-corrected chi connectivity index (χ4v) is 2.17. The molecule has 0 heterocycles. The van der Waals surface area contributed by atoms with Crippen LogP contribution in [0.2, 0.25) is 0 Å². The first-order chi connectivity index (χ1) is 8.38. The van der Waals surface area contributed by atoms with Gasteiger partial charge in [-0.05, 0) is 24.8 Å². The minimum absolute atomic E-state index is 0.176. The van der Waals surface area contributed by atoms with E-state index in [1.54, 1.807) is 0 Å². The zero-order valence-electron chi connectivity index (χ0n) is 10.4. The van der Waals surface area contributed by atoms with Crippen LogP contribution in [0.3, 0.4) is 0 Å². The Kier molecular flexibility index (Phi) is 4.66. The first-order valence-electron chi connectivity index (χ1n) is 5.93. The number of primary amides is 2. The number of nitrogens with two attached hydrogens (primary N) is 3. The first-order valence-corrected chi connectivity index (χ1v) is 5.93. The molecule has 0 unspecified atom stereocenters. The monoisotopic (exact) mass is 256 g/mol. The number of nitrogens with zero attached hydrogens (tertiary/aromatic N) is 1. The Morgan fingerprint density at radius 1 is 1.06 bits per heavy atom. The molecule has 7 heteroatoms. The normalized spacial score (nSPS) is 16.7. The summed E-state index contributed by atoms with van der Waals surface area (Å²) in [6.45, 7) is -0.148. The fraction of sp³-hybridized carbons (Fsp3) is 0.727. The average molecular weight is 256 g/mol. The van der Waals surface area contributed by atoms with Crippen molar-refractivity contribution >= 4 is 17.7 Å². The molecular formula is C11H20N4O3. The Morgan fingerprint density at radius 2 is 1.56 bits per heavy atom. The highest BCUT2D eigenvalue weighted by Crippen LogP contribution is 2.43. The van der Waals surface area contributed by atoms with Gasteiger partial charge < -0.3 is 22.1 Å². The third-order valence-electron chi connectivity index (χ3n) is 3.42. The van der Waals surface area contributed by atoms with E-state index < -0.39 is 11.8 Å². The van der Waals surface area contributed by atoms with Gasteiger partial charge in [0.25, 0.3) is 0 Å². The Labute approximate surface area is 106 Å². The molecule has 0 aliphatic heterocycles. The van der Waals surface area contributed by atoms with Gasteiger partial charge >= 0.3 is 0 Å². The van der Waals surface area contributed by atoms with Gasteiger partial charge in [-0.15, -0.1) is 0 Å². The average Bonchev–Trinajstić information content (AvgIpc) is 2.20. The van der Waals surface area contributed by atoms with E-state index in [1.807, 2.05) is 0 Å². The topological polar surface area (TPSA) is 133 Å². The zero-order valence-corrected chi connectivity index (χ0v) is 10.4. The molecule has 0 bridgehead atoms. The molecule has 102 valence electrons. The Morgan fingerprint density at radius 3 is 1.83 bits per heavy atom. The van der Waals surface area contributed by atoms with Crippen LogP contribution in [0.5, 0.6) is 0 Å². The van der Waals surface area contributed by atoms with E-state index in [9.17, 15) is 14.4 Å². The van der Waals surface area contributed by atoms with E-state index in [0.717, 1.165) is 24.2 Å². The van der Waals surface area contributed by atoms with Crippen LogP contribution in [-0.4, -0.2) is 42.3 Å². The first kappa shape index (κ1) is 14.4. The lowest BCUT2D eigenvalue weighted by Gasteiger charge is -2.41. The van der Waals surface area contributed by atoms with E-state index in [1.165, 1.54) is 0 Å². The summed E-state index contributed by atoms with van der Waals surface area (Å²) in [7, 11) is 0. The summed E-state index contributed by atoms with van der Waals surface area (Å²) in [5.41, 5.74) is 15.6. The van der Waals surface area contributed by atoms with Crippen LogP contribution in [0.1, 0.15) is 25.7 Å². The summed E-state index contributed by atoms with van der Waals surface area (Å²) in [6, 6.07) is 0. The molecule has 1 fully saturated rings. The molecule has 1 aliphatic rings. The maximum atomic E-state index is 12.0. The molecule has 1 saturated carbocycles. The number of amides is 3. The van der Waals surface area contributed by atoms with Crippen LogP contribution in [0, 0.1) is 5.41 Å². The third kappa shape index (κ3) is 3.69. The lowest BCUT2D eigenvalue weighted by molar-refractivity contribution is -0.141. The van der Waals surface area contributed by atoms with Crippen molar-refractivity contribution in [3.63, 3.8) is 0 Å². The predicted octanol–water partition coefficient (Wildman–Crippen LogP) is -1.70. The molecule has 0 radical (unpaired) electrons. The van der Waals surface area contributed by atoms with Crippen molar-refractivity contribution in [1.29, 1.82) is 0 Å². The molecule has 1 aliphatic carbocycles. The number of carbonyl (C=O) groups excluding carboxylic acids is 3. The Bertz CT molecular complexity index is 331. The standard InChI is InChI=1S/C11H20N4O3/c12-7-11(2-1-3-11)4-10(18)15(5-8(13)16)6-9(14)17/h1-7,12H2,(H2,13,16)(H2,14,17). The van der Waals surface area contributed by atoms with E-state index in [0.29, 0.717) is 6.54 Å². The van der Waals surface area contributed by atoms with Crippen LogP contribution in [0.25, 0.3) is 0 Å². The fourth-order valence-electron chi connectivity index (χ4n) is 2.17. The second-order valence-electron chi connectivity index (χ2n) is 4.92. The summed E-state index contributed by atoms with van der Waals surface area (Å²) in [5.74, 6) is -1.63. The predicted molar refractivity (Wildman–Crippen MR) is 64.9 cm³/mol. The van der Waals surface area contributed by atoms with Gasteiger partial charge in [-0.1, -0.05) is 6.42 Å². The largest absolute Gasteiger partial charge is 0.368 e. The van der Waals surface area contributed by atoms with Crippen molar-refractivity contribution in [2.75, 3.05) is 19.6 Å². The van der Waals surface area contributed by atoms with Crippen LogP contribution in [0.4, 0.5) is 0 Å². The van der Waals surface area contributed by atoms with E-state index in [2.05, 4.69) is 0 Å². The molecule has 18 heavy (non-hydrogen) atoms. The summed E-state index contributed by atoms with van der Waals surface area (Å²) < 4.78 is 0. The highest BCUT2D eigenvalue weighted by atomic mass is 16.2. The van der Waals surface area contributed by atoms with Gasteiger partial charge in [-0.3, -0.25) is 14.4 Å². The van der Waals surface area contributed by atoms with E-state index in [-0.39, 0.29) is 30.8 Å². The molecule has 3 amide bonds. The maximum absolute atomic E-state index is 12.0. The van der Waals surface area contributed by atoms with E-state index >= 15 is 0 Å². The second-order valence-corrected chi connectivity index (χ2v) is 4.92. The summed E-state index contributed by atoms with van der Waals surface area (Å²) in [4.78, 5) is 34.9. The quantitative estimate of drug-likeness (QED) is 0.501. The molecule has 0 spiro atoms. The van der Waals surface area contributed by atoms with Gasteiger partial charge in [-0.25, -0.2) is 0 Å². The number of rotatable bonds is 7. The lowest BCUT2D eigenvalue weighted by atomic mass is 9.66. The van der Waals surface area contributed by atoms with Crippen molar-refractivity contribution in [2.45, 2.75) is 25.7 Å². The lowest BCUT2D eigenvalue weighted by Crippen LogP contribution is -2.47. The van der Waals surface area contributed by atoms with Crippen molar-refractivity contribution in [1.82, 2.24) is 4.90 Å². The third-order valence-corrected chi connectivity index (χ3v) is 3.42. The number of carbonyl (C=O) groups is 3. The van der Waals surface area contributed by atoms with Gasteiger partial charge in [0.15, 0.2) is 0 Å². The molecule has 0 saturated heterocycles. The molecule has 6 N–H and O–H groups in total. The molecule has 0 aromatic heterocycles. The van der Waals surface area contributed by atoms with Gasteiger partial charge in [0.2, 0.25) is 17.7 Å². The number of hydrogen-bond acceptors (Lipinski definition) is 4.